The molecule has 3 N–H and O–H groups in total. The number of nitrogens with one attached hydrogen (secondary N) is 2. The zero-order chi connectivity index (χ0) is 73.8. The number of carbonyl (C=O) groups is 2. The van der Waals surface area contributed by atoms with E-state index < -0.39 is 43.6 Å². The molecule has 1 aliphatic heterocycles. The smallest absolute Gasteiger partial charge is 0.404 e. The fourth-order valence-electron chi connectivity index (χ4n) is 13.4. The Kier molecular flexibility index (Phi) is 29.9. The molecule has 0 unspecified atom stereocenters. The number of amides is 2. The van der Waals surface area contributed by atoms with Crippen LogP contribution < -0.4 is 74.3 Å². The molecule has 1 aliphatic carbocycles. The number of aromatic nitrogens is 3. The van der Waals surface area contributed by atoms with Crippen LogP contribution in [0.1, 0.15) is 51.6 Å². The van der Waals surface area contributed by atoms with Crippen molar-refractivity contribution in [2.45, 2.75) is 65.0 Å². The standard InChI is InChI=1S/C22H28FN5O3.4C18H15P.Pd/c1-22(2)6-7-28-18(10-22)16(11-25-28)15-9-19(24-12-17(15)23)27-20(29)13-4-3-5-14(8-13)26-21(30)31;4*1-4-10-16(11-5-1)19(17-12-6-2-7-13-17)18-14-8-3-9-15-18;/h9,11-14,26H,3-8,10H2,1-2H3,(H,30,31)(H,24,27,29);4*1-15H;/t13-,14+;;;;;/m0...../s1. The van der Waals surface area contributed by atoms with Gasteiger partial charge in [-0.05, 0) is 139 Å². The van der Waals surface area contributed by atoms with Crippen LogP contribution >= 0.6 is 31.7 Å². The number of nitrogens with zero attached hydrogens (tertiary/aromatic N) is 3. The van der Waals surface area contributed by atoms with Gasteiger partial charge in [0.15, 0.2) is 0 Å². The predicted octanol–water partition coefficient (Wildman–Crippen LogP) is 17.6. The van der Waals surface area contributed by atoms with Gasteiger partial charge in [0.05, 0.1) is 12.4 Å². The summed E-state index contributed by atoms with van der Waals surface area (Å²) in [7, 11) is -1.78. The Hall–Kier alpha value is -9.95. The summed E-state index contributed by atoms with van der Waals surface area (Å²) in [6.07, 6.45) is 6.15. The number of carboxylic acid groups (broad SMARTS) is 1. The van der Waals surface area contributed by atoms with Crippen LogP contribution in [0, 0.1) is 17.2 Å². The van der Waals surface area contributed by atoms with Crippen molar-refractivity contribution in [3.63, 3.8) is 0 Å². The average Bonchev–Trinajstić information content (AvgIpc) is 1.61. The zero-order valence-corrected chi connectivity index (χ0v) is 65.7. The molecule has 8 nitrogen and oxygen atoms in total. The SMILES string of the molecule is CC1(C)CCn2ncc(-c3cc(NC(=O)[C@H]4CCC[C@@H](NC(=O)O)C4)ncc3F)c2C1.[Pd].c1ccc(P(c2ccccc2)c2ccccc2)cc1.c1ccc(P(c2ccccc2)c2ccccc2)cc1.c1ccc(P(c2ccccc2)c2ccccc2)cc1.c1ccc(P(c2ccccc2)c2ccccc2)cc1. The van der Waals surface area contributed by atoms with Crippen LogP contribution in [-0.2, 0) is 38.2 Å². The van der Waals surface area contributed by atoms with Crippen molar-refractivity contribution in [2.24, 2.45) is 11.3 Å². The van der Waals surface area contributed by atoms with E-state index in [2.05, 4.69) is 399 Å². The van der Waals surface area contributed by atoms with Gasteiger partial charge in [0.2, 0.25) is 5.91 Å². The molecule has 2 atom stereocenters. The minimum atomic E-state index is -1.08. The molecule has 0 radical (unpaired) electrons. The Morgan fingerprint density at radius 2 is 0.694 bits per heavy atom. The van der Waals surface area contributed by atoms with E-state index in [1.165, 1.54) is 63.7 Å². The van der Waals surface area contributed by atoms with Gasteiger partial charge in [0.1, 0.15) is 11.6 Å². The van der Waals surface area contributed by atoms with Crippen LogP contribution in [0.4, 0.5) is 15.0 Å². The molecule has 2 aromatic heterocycles. The van der Waals surface area contributed by atoms with Crippen LogP contribution in [0.25, 0.3) is 11.1 Å². The maximum absolute atomic E-state index is 14.7. The second kappa shape index (κ2) is 40.8. The number of hydrogen-bond acceptors (Lipinski definition) is 4. The number of hydrogen-bond donors (Lipinski definition) is 3. The number of halogens is 1. The van der Waals surface area contributed by atoms with Gasteiger partial charge in [-0.15, -0.1) is 0 Å². The molecule has 108 heavy (non-hydrogen) atoms. The molecule has 16 rings (SSSR count). The van der Waals surface area contributed by atoms with Gasteiger partial charge in [-0.3, -0.25) is 9.48 Å². The van der Waals surface area contributed by atoms with Crippen LogP contribution in [0.5, 0.6) is 0 Å². The first-order chi connectivity index (χ1) is 52.5. The molecule has 0 bridgehead atoms. The van der Waals surface area contributed by atoms with Gasteiger partial charge in [-0.2, -0.15) is 5.10 Å². The van der Waals surface area contributed by atoms with E-state index in [0.717, 1.165) is 49.7 Å². The van der Waals surface area contributed by atoms with Gasteiger partial charge >= 0.3 is 6.09 Å². The van der Waals surface area contributed by atoms with Gasteiger partial charge in [-0.1, -0.05) is 384 Å². The minimum Gasteiger partial charge on any atom is -0.465 e. The Morgan fingerprint density at radius 1 is 0.417 bits per heavy atom. The van der Waals surface area contributed by atoms with Crippen molar-refractivity contribution in [2.75, 3.05) is 5.32 Å². The van der Waals surface area contributed by atoms with Gasteiger partial charge in [0, 0.05) is 55.7 Å². The molecule has 0 saturated heterocycles. The summed E-state index contributed by atoms with van der Waals surface area (Å²) < 4.78 is 16.6. The number of rotatable bonds is 16. The maximum atomic E-state index is 14.7. The predicted molar refractivity (Wildman–Crippen MR) is 454 cm³/mol. The molecule has 0 spiro atoms. The van der Waals surface area contributed by atoms with Crippen molar-refractivity contribution in [1.29, 1.82) is 0 Å². The molecule has 3 heterocycles. The Morgan fingerprint density at radius 3 is 0.963 bits per heavy atom. The molecule has 14 aromatic rings. The molecule has 2 aliphatic rings. The van der Waals surface area contributed by atoms with Crippen molar-refractivity contribution >= 4 is 113 Å². The monoisotopic (exact) mass is 1580 g/mol. The van der Waals surface area contributed by atoms with E-state index in [1.807, 2.05) is 4.68 Å². The van der Waals surface area contributed by atoms with Crippen LogP contribution in [-0.4, -0.2) is 37.9 Å². The fourth-order valence-corrected chi connectivity index (χ4v) is 22.6. The first-order valence-corrected chi connectivity index (χ1v) is 41.7. The van der Waals surface area contributed by atoms with Crippen LogP contribution in [0.2, 0.25) is 0 Å². The average molecular weight is 1590 g/mol. The Balaban J connectivity index is 0.000000136. The van der Waals surface area contributed by atoms with Crippen molar-refractivity contribution < 1.29 is 39.5 Å². The first-order valence-electron chi connectivity index (χ1n) is 36.3. The molecule has 1 fully saturated rings. The molecule has 1 saturated carbocycles. The second-order valence-electron chi connectivity index (χ2n) is 26.7. The summed E-state index contributed by atoms with van der Waals surface area (Å²) in [6, 6.07) is 131. The summed E-state index contributed by atoms with van der Waals surface area (Å²) in [6.45, 7) is 5.18. The fraction of sp³-hybridized carbons (Fsp3) is 0.128. The third kappa shape index (κ3) is 22.3. The Labute approximate surface area is 654 Å². The van der Waals surface area contributed by atoms with Gasteiger partial charge in [-0.25, -0.2) is 14.2 Å². The van der Waals surface area contributed by atoms with Crippen LogP contribution in [0.15, 0.2) is 382 Å². The van der Waals surface area contributed by atoms with E-state index in [4.69, 9.17) is 5.11 Å². The van der Waals surface area contributed by atoms with Crippen LogP contribution in [0.3, 0.4) is 0 Å². The molecule has 544 valence electrons. The van der Waals surface area contributed by atoms with Gasteiger partial charge in [0.25, 0.3) is 0 Å². The van der Waals surface area contributed by atoms with E-state index in [9.17, 15) is 14.0 Å². The topological polar surface area (TPSA) is 109 Å². The zero-order valence-electron chi connectivity index (χ0n) is 60.6. The van der Waals surface area contributed by atoms with Crippen molar-refractivity contribution in [1.82, 2.24) is 20.1 Å². The van der Waals surface area contributed by atoms with E-state index >= 15 is 0 Å². The van der Waals surface area contributed by atoms with Gasteiger partial charge < -0.3 is 15.7 Å². The van der Waals surface area contributed by atoms with E-state index in [-0.39, 0.29) is 49.5 Å². The largest absolute Gasteiger partial charge is 0.465 e. The third-order valence-corrected chi connectivity index (χ3v) is 28.3. The minimum absolute atomic E-state index is 0. The number of benzene rings is 12. The number of fused-ring (bicyclic) bond motifs is 1. The summed E-state index contributed by atoms with van der Waals surface area (Å²) in [5.74, 6) is -0.712. The van der Waals surface area contributed by atoms with E-state index in [1.54, 1.807) is 12.3 Å². The molecular formula is C94H88FN5O3P4Pd. The quantitative estimate of drug-likeness (QED) is 0.0660. The molecule has 12 aromatic carbocycles. The summed E-state index contributed by atoms with van der Waals surface area (Å²) in [5.41, 5.74) is 2.21. The summed E-state index contributed by atoms with van der Waals surface area (Å²) in [5, 5.41) is 35.4. The molecule has 2 amide bonds. The number of pyridine rings is 1. The number of anilines is 1. The number of aryl methyl sites for hydroxylation is 1. The molecular weight excluding hydrogens is 1500 g/mol. The summed E-state index contributed by atoms with van der Waals surface area (Å²) >= 11 is 0. The second-order valence-corrected chi connectivity index (χ2v) is 35.6. The van der Waals surface area contributed by atoms with E-state index in [0.29, 0.717) is 18.4 Å². The first kappa shape index (κ1) is 79.1. The third-order valence-electron chi connectivity index (χ3n) is 18.5. The Bertz CT molecular complexity index is 4120. The normalized spacial score (nSPS) is 13.9. The van der Waals surface area contributed by atoms with Crippen molar-refractivity contribution in [3.05, 3.63) is 394 Å². The summed E-state index contributed by atoms with van der Waals surface area (Å²) in [4.78, 5) is 27.7. The van der Waals surface area contributed by atoms with Crippen molar-refractivity contribution in [3.8, 4) is 11.1 Å². The maximum Gasteiger partial charge on any atom is 0.404 e. The molecule has 14 heteroatoms. The number of carbonyl (C=O) groups excluding carboxylic acids is 1.